The van der Waals surface area contributed by atoms with Gasteiger partial charge in [-0.25, -0.2) is 14.1 Å². The Kier molecular flexibility index (Phi) is 5.82. The van der Waals surface area contributed by atoms with Crippen LogP contribution in [0.3, 0.4) is 0 Å². The Bertz CT molecular complexity index is 1740. The van der Waals surface area contributed by atoms with Crippen LogP contribution in [0.4, 0.5) is 4.39 Å². The van der Waals surface area contributed by atoms with Gasteiger partial charge in [0.1, 0.15) is 11.3 Å². The van der Waals surface area contributed by atoms with E-state index in [4.69, 9.17) is 4.98 Å². The Morgan fingerprint density at radius 3 is 2.65 bits per heavy atom. The number of nitrogens with one attached hydrogen (secondary N) is 1. The molecule has 3 aromatic heterocycles. The number of carbonyl (C=O) groups excluding carboxylic acids is 1. The molecule has 6 rings (SSSR count). The monoisotopic (exact) mass is 488 g/mol. The lowest BCUT2D eigenvalue weighted by Gasteiger charge is -2.09. The standard InChI is InChI=1S/C29H21FN6O/c30-24-16-21(11-12-23(24)29(37)32-17-19-6-2-1-3-7-19)25-13-14-26-28(33-25)36(35-34-26)18-22-9-4-8-20-10-5-15-31-27(20)22/h1-16H,17-18H2,(H,32,37). The molecule has 1 N–H and O–H groups in total. The summed E-state index contributed by atoms with van der Waals surface area (Å²) in [6.07, 6.45) is 1.77. The Labute approximate surface area is 211 Å². The highest BCUT2D eigenvalue weighted by Gasteiger charge is 2.15. The lowest BCUT2D eigenvalue weighted by Crippen LogP contribution is -2.23. The average Bonchev–Trinajstić information content (AvgIpc) is 3.34. The second-order valence-electron chi connectivity index (χ2n) is 8.64. The first-order valence-corrected chi connectivity index (χ1v) is 11.8. The van der Waals surface area contributed by atoms with E-state index in [2.05, 4.69) is 20.6 Å². The van der Waals surface area contributed by atoms with Gasteiger partial charge in [0.2, 0.25) is 0 Å². The summed E-state index contributed by atoms with van der Waals surface area (Å²) in [6.45, 7) is 0.762. The van der Waals surface area contributed by atoms with Crippen LogP contribution in [0.2, 0.25) is 0 Å². The molecule has 0 aliphatic carbocycles. The fraction of sp³-hybridized carbons (Fsp3) is 0.0690. The van der Waals surface area contributed by atoms with E-state index in [-0.39, 0.29) is 5.56 Å². The van der Waals surface area contributed by atoms with E-state index in [0.29, 0.717) is 35.5 Å². The van der Waals surface area contributed by atoms with Crippen molar-refractivity contribution in [3.63, 3.8) is 0 Å². The van der Waals surface area contributed by atoms with E-state index in [9.17, 15) is 9.18 Å². The number of hydrogen-bond donors (Lipinski definition) is 1. The third-order valence-electron chi connectivity index (χ3n) is 6.20. The van der Waals surface area contributed by atoms with Crippen molar-refractivity contribution in [3.8, 4) is 11.3 Å². The molecule has 37 heavy (non-hydrogen) atoms. The van der Waals surface area contributed by atoms with Crippen LogP contribution in [-0.2, 0) is 13.1 Å². The predicted molar refractivity (Wildman–Crippen MR) is 139 cm³/mol. The minimum Gasteiger partial charge on any atom is -0.348 e. The van der Waals surface area contributed by atoms with Gasteiger partial charge in [0, 0.05) is 23.7 Å². The zero-order valence-corrected chi connectivity index (χ0v) is 19.7. The highest BCUT2D eigenvalue weighted by atomic mass is 19.1. The molecule has 7 nitrogen and oxygen atoms in total. The molecule has 0 aliphatic rings. The van der Waals surface area contributed by atoms with E-state index in [1.165, 1.54) is 12.1 Å². The molecular formula is C29H21FN6O. The molecule has 8 heteroatoms. The van der Waals surface area contributed by atoms with Gasteiger partial charge < -0.3 is 5.32 Å². The van der Waals surface area contributed by atoms with E-state index in [1.807, 2.05) is 60.7 Å². The molecule has 1 amide bonds. The summed E-state index contributed by atoms with van der Waals surface area (Å²) in [6, 6.07) is 27.5. The molecule has 3 aromatic carbocycles. The Hall–Kier alpha value is -4.98. The second-order valence-corrected chi connectivity index (χ2v) is 8.64. The molecule has 0 unspecified atom stereocenters. The van der Waals surface area contributed by atoms with Gasteiger partial charge in [-0.1, -0.05) is 65.9 Å². The van der Waals surface area contributed by atoms with Gasteiger partial charge in [0.05, 0.1) is 23.3 Å². The molecular weight excluding hydrogens is 467 g/mol. The number of amides is 1. The lowest BCUT2D eigenvalue weighted by molar-refractivity contribution is 0.0947. The van der Waals surface area contributed by atoms with Crippen molar-refractivity contribution < 1.29 is 9.18 Å². The predicted octanol–water partition coefficient (Wildman–Crippen LogP) is 5.16. The number of carbonyl (C=O) groups is 1. The minimum absolute atomic E-state index is 0.0177. The van der Waals surface area contributed by atoms with Crippen LogP contribution in [0.1, 0.15) is 21.5 Å². The van der Waals surface area contributed by atoms with Gasteiger partial charge in [-0.05, 0) is 41.5 Å². The van der Waals surface area contributed by atoms with Crippen LogP contribution in [0.15, 0.2) is 97.2 Å². The summed E-state index contributed by atoms with van der Waals surface area (Å²) in [4.78, 5) is 21.8. The van der Waals surface area contributed by atoms with Gasteiger partial charge in [-0.3, -0.25) is 9.78 Å². The number of rotatable bonds is 6. The molecule has 6 aromatic rings. The number of nitrogens with zero attached hydrogens (tertiary/aromatic N) is 5. The fourth-order valence-electron chi connectivity index (χ4n) is 4.31. The molecule has 0 saturated carbocycles. The summed E-state index contributed by atoms with van der Waals surface area (Å²) < 4.78 is 16.7. The Morgan fingerprint density at radius 1 is 0.919 bits per heavy atom. The van der Waals surface area contributed by atoms with E-state index < -0.39 is 11.7 Å². The topological polar surface area (TPSA) is 85.6 Å². The Balaban J connectivity index is 1.26. The molecule has 0 aliphatic heterocycles. The van der Waals surface area contributed by atoms with Crippen LogP contribution >= 0.6 is 0 Å². The summed E-state index contributed by atoms with van der Waals surface area (Å²) in [5.74, 6) is -1.08. The van der Waals surface area contributed by atoms with Gasteiger partial charge in [-0.15, -0.1) is 5.10 Å². The molecule has 0 radical (unpaired) electrons. The van der Waals surface area contributed by atoms with Crippen molar-refractivity contribution in [1.82, 2.24) is 30.3 Å². The van der Waals surface area contributed by atoms with Crippen LogP contribution in [0.5, 0.6) is 0 Å². The van der Waals surface area contributed by atoms with Crippen LogP contribution in [0.25, 0.3) is 33.3 Å². The Morgan fingerprint density at radius 2 is 1.78 bits per heavy atom. The summed E-state index contributed by atoms with van der Waals surface area (Å²) >= 11 is 0. The number of aromatic nitrogens is 5. The maximum atomic E-state index is 15.0. The van der Waals surface area contributed by atoms with E-state index >= 15 is 0 Å². The molecule has 180 valence electrons. The van der Waals surface area contributed by atoms with Crippen LogP contribution in [0, 0.1) is 5.82 Å². The normalized spacial score (nSPS) is 11.2. The van der Waals surface area contributed by atoms with Gasteiger partial charge in [0.15, 0.2) is 5.65 Å². The number of pyridine rings is 2. The van der Waals surface area contributed by atoms with Crippen molar-refractivity contribution in [2.24, 2.45) is 0 Å². The SMILES string of the molecule is O=C(NCc1ccccc1)c1ccc(-c2ccc3nnn(Cc4cccc5cccnc45)c3n2)cc1F. The summed E-state index contributed by atoms with van der Waals surface area (Å²) in [5.41, 5.74) is 5.14. The molecule has 0 spiro atoms. The first-order chi connectivity index (χ1) is 18.2. The first kappa shape index (κ1) is 22.5. The van der Waals surface area contributed by atoms with Crippen molar-refractivity contribution in [1.29, 1.82) is 0 Å². The zero-order chi connectivity index (χ0) is 25.2. The molecule has 0 atom stereocenters. The summed E-state index contributed by atoms with van der Waals surface area (Å²) in [7, 11) is 0. The van der Waals surface area contributed by atoms with E-state index in [0.717, 1.165) is 22.0 Å². The van der Waals surface area contributed by atoms with Gasteiger partial charge >= 0.3 is 0 Å². The highest BCUT2D eigenvalue weighted by Crippen LogP contribution is 2.24. The lowest BCUT2D eigenvalue weighted by atomic mass is 10.1. The number of hydrogen-bond acceptors (Lipinski definition) is 5. The maximum absolute atomic E-state index is 15.0. The second kappa shape index (κ2) is 9.58. The van der Waals surface area contributed by atoms with Crippen molar-refractivity contribution >= 4 is 28.0 Å². The first-order valence-electron chi connectivity index (χ1n) is 11.8. The van der Waals surface area contributed by atoms with Crippen molar-refractivity contribution in [2.45, 2.75) is 13.1 Å². The van der Waals surface area contributed by atoms with Gasteiger partial charge in [0.25, 0.3) is 5.91 Å². The van der Waals surface area contributed by atoms with Crippen molar-refractivity contribution in [2.75, 3.05) is 0 Å². The molecule has 3 heterocycles. The number of halogens is 1. The molecule has 0 bridgehead atoms. The fourth-order valence-corrected chi connectivity index (χ4v) is 4.31. The number of para-hydroxylation sites is 1. The van der Waals surface area contributed by atoms with Crippen molar-refractivity contribution in [3.05, 3.63) is 120 Å². The number of benzene rings is 3. The quantitative estimate of drug-likeness (QED) is 0.350. The summed E-state index contributed by atoms with van der Waals surface area (Å²) in [5, 5.41) is 12.3. The molecule has 0 fully saturated rings. The number of fused-ring (bicyclic) bond motifs is 2. The average molecular weight is 489 g/mol. The van der Waals surface area contributed by atoms with Crippen LogP contribution in [-0.4, -0.2) is 30.9 Å². The zero-order valence-electron chi connectivity index (χ0n) is 19.7. The smallest absolute Gasteiger partial charge is 0.254 e. The maximum Gasteiger partial charge on any atom is 0.254 e. The third kappa shape index (κ3) is 4.52. The van der Waals surface area contributed by atoms with Gasteiger partial charge in [-0.2, -0.15) is 0 Å². The molecule has 0 saturated heterocycles. The minimum atomic E-state index is -0.613. The van der Waals surface area contributed by atoms with Crippen LogP contribution < -0.4 is 5.32 Å². The highest BCUT2D eigenvalue weighted by molar-refractivity contribution is 5.95. The third-order valence-corrected chi connectivity index (χ3v) is 6.20. The largest absolute Gasteiger partial charge is 0.348 e. The van der Waals surface area contributed by atoms with E-state index in [1.54, 1.807) is 29.1 Å².